The van der Waals surface area contributed by atoms with E-state index in [0.717, 1.165) is 11.1 Å². The van der Waals surface area contributed by atoms with Crippen molar-refractivity contribution in [1.29, 1.82) is 0 Å². The van der Waals surface area contributed by atoms with Crippen LogP contribution < -0.4 is 16.4 Å². The minimum absolute atomic E-state index is 0.0380. The predicted octanol–water partition coefficient (Wildman–Crippen LogP) is 2.87. The van der Waals surface area contributed by atoms with Crippen molar-refractivity contribution in [2.45, 2.75) is 77.0 Å². The Balaban J connectivity index is 1.82. The molecule has 1 aliphatic rings. The van der Waals surface area contributed by atoms with Crippen LogP contribution in [0.25, 0.3) is 0 Å². The highest BCUT2D eigenvalue weighted by atomic mass is 31.2. The van der Waals surface area contributed by atoms with Crippen LogP contribution in [0.5, 0.6) is 0 Å². The Hall–Kier alpha value is -3.65. The smallest absolute Gasteiger partial charge is 0.331 e. The second kappa shape index (κ2) is 19.5. The molecular formula is C34H50N5O9P. The lowest BCUT2D eigenvalue weighted by Gasteiger charge is -2.39. The minimum atomic E-state index is -3.72. The number of nitrogens with two attached hydrogens (primary N) is 1. The van der Waals surface area contributed by atoms with Crippen LogP contribution in [0.15, 0.2) is 60.7 Å². The molecule has 2 aromatic rings. The Kier molecular flexibility index (Phi) is 15.8. The van der Waals surface area contributed by atoms with Crippen LogP contribution in [-0.2, 0) is 46.0 Å². The van der Waals surface area contributed by atoms with Gasteiger partial charge in [-0.3, -0.25) is 33.5 Å². The number of benzene rings is 2. The van der Waals surface area contributed by atoms with Crippen molar-refractivity contribution in [2.24, 2.45) is 11.7 Å². The van der Waals surface area contributed by atoms with Crippen LogP contribution in [0.1, 0.15) is 50.7 Å². The van der Waals surface area contributed by atoms with Crippen molar-refractivity contribution in [3.63, 3.8) is 0 Å². The standard InChI is InChI=1S/C34H50N5O9P/c1-24(2)19-29(34(44)45)39(33(31(35)42)38-17-15-27(21-38)37-28(20-30(40)41)32(43)36-3)16-10-18-49(46,47-22-25-11-6-4-7-12-25)48-23-26-13-8-5-9-14-26/h4-9,11-14,24,27-29,33,37H,10,15-23H2,1-3H3,(H2,35,42)(H,36,43)(H,40,41)(H,44,45)/t27?,28-,29+,33-/m0/s1. The molecule has 1 fully saturated rings. The number of carbonyl (C=O) groups excluding carboxylic acids is 2. The molecule has 0 aliphatic carbocycles. The van der Waals surface area contributed by atoms with Crippen molar-refractivity contribution < 1.29 is 43.0 Å². The summed E-state index contributed by atoms with van der Waals surface area (Å²) in [5.74, 6) is -3.55. The van der Waals surface area contributed by atoms with Gasteiger partial charge in [0.15, 0.2) is 0 Å². The maximum absolute atomic E-state index is 14.1. The minimum Gasteiger partial charge on any atom is -0.481 e. The third-order valence-corrected chi connectivity index (χ3v) is 10.2. The van der Waals surface area contributed by atoms with Gasteiger partial charge < -0.3 is 35.6 Å². The van der Waals surface area contributed by atoms with Gasteiger partial charge in [0, 0.05) is 32.7 Å². The molecule has 0 spiro atoms. The van der Waals surface area contributed by atoms with Gasteiger partial charge in [0.1, 0.15) is 12.2 Å². The number of nitrogens with zero attached hydrogens (tertiary/aromatic N) is 2. The number of carbonyl (C=O) groups is 4. The van der Waals surface area contributed by atoms with Gasteiger partial charge in [-0.25, -0.2) is 0 Å². The van der Waals surface area contributed by atoms with E-state index >= 15 is 0 Å². The highest BCUT2D eigenvalue weighted by Crippen LogP contribution is 2.50. The van der Waals surface area contributed by atoms with E-state index in [2.05, 4.69) is 10.6 Å². The summed E-state index contributed by atoms with van der Waals surface area (Å²) in [6.07, 6.45) is -0.772. The highest BCUT2D eigenvalue weighted by molar-refractivity contribution is 7.53. The first-order valence-corrected chi connectivity index (χ1v) is 18.2. The Labute approximate surface area is 287 Å². The number of likely N-dealkylation sites (tertiary alicyclic amines) is 1. The lowest BCUT2D eigenvalue weighted by atomic mass is 10.0. The van der Waals surface area contributed by atoms with Crippen molar-refractivity contribution in [3.8, 4) is 0 Å². The van der Waals surface area contributed by atoms with Crippen LogP contribution in [0.3, 0.4) is 0 Å². The fourth-order valence-electron chi connectivity index (χ4n) is 5.94. The van der Waals surface area contributed by atoms with E-state index in [1.807, 2.05) is 74.5 Å². The maximum Gasteiger partial charge on any atom is 0.331 e. The first-order valence-electron chi connectivity index (χ1n) is 16.5. The molecule has 2 amide bonds. The van der Waals surface area contributed by atoms with Crippen molar-refractivity contribution in [3.05, 3.63) is 71.8 Å². The summed E-state index contributed by atoms with van der Waals surface area (Å²) in [6.45, 7) is 4.45. The van der Waals surface area contributed by atoms with E-state index in [1.54, 1.807) is 9.80 Å². The summed E-state index contributed by atoms with van der Waals surface area (Å²) in [5.41, 5.74) is 7.59. The van der Waals surface area contributed by atoms with Gasteiger partial charge >= 0.3 is 19.5 Å². The van der Waals surface area contributed by atoms with E-state index in [1.165, 1.54) is 7.05 Å². The number of rotatable bonds is 22. The molecule has 1 aliphatic heterocycles. The Bertz CT molecular complexity index is 1370. The molecule has 15 heteroatoms. The first kappa shape index (κ1) is 39.8. The van der Waals surface area contributed by atoms with Crippen LogP contribution in [-0.4, -0.2) is 101 Å². The van der Waals surface area contributed by atoms with Gasteiger partial charge in [0.05, 0.1) is 31.8 Å². The zero-order valence-electron chi connectivity index (χ0n) is 28.4. The zero-order valence-corrected chi connectivity index (χ0v) is 29.3. The second-order valence-electron chi connectivity index (χ2n) is 12.6. The van der Waals surface area contributed by atoms with E-state index in [4.69, 9.17) is 14.8 Å². The van der Waals surface area contributed by atoms with Crippen molar-refractivity contribution >= 4 is 31.3 Å². The number of carboxylic acid groups (broad SMARTS) is 2. The SMILES string of the molecule is CNC(=O)[C@H](CC(=O)O)NC1CCN([C@H](C(N)=O)N(CCCP(=O)(OCc2ccccc2)OCc2ccccc2)[C@H](CC(C)C)C(=O)O)C1. The molecule has 6 N–H and O–H groups in total. The average Bonchev–Trinajstić information content (AvgIpc) is 3.52. The van der Waals surface area contributed by atoms with Crippen molar-refractivity contribution in [1.82, 2.24) is 20.4 Å². The van der Waals surface area contributed by atoms with E-state index in [-0.39, 0.29) is 57.3 Å². The first-order chi connectivity index (χ1) is 23.3. The highest BCUT2D eigenvalue weighted by Gasteiger charge is 2.41. The number of hydrogen-bond acceptors (Lipinski definition) is 10. The molecule has 0 bridgehead atoms. The molecule has 14 nitrogen and oxygen atoms in total. The van der Waals surface area contributed by atoms with Crippen LogP contribution in [0.2, 0.25) is 0 Å². The van der Waals surface area contributed by atoms with Gasteiger partial charge in [-0.05, 0) is 36.3 Å². The summed E-state index contributed by atoms with van der Waals surface area (Å²) >= 11 is 0. The molecule has 1 saturated heterocycles. The van der Waals surface area contributed by atoms with Gasteiger partial charge in [0.2, 0.25) is 11.8 Å². The molecule has 0 radical (unpaired) electrons. The van der Waals surface area contributed by atoms with Crippen molar-refractivity contribution in [2.75, 3.05) is 32.8 Å². The topological polar surface area (TPSA) is 201 Å². The van der Waals surface area contributed by atoms with Gasteiger partial charge in [-0.15, -0.1) is 0 Å². The molecule has 0 saturated carbocycles. The summed E-state index contributed by atoms with van der Waals surface area (Å²) in [4.78, 5) is 52.8. The zero-order chi connectivity index (χ0) is 36.0. The Morgan fingerprint density at radius 2 is 1.57 bits per heavy atom. The molecule has 1 heterocycles. The lowest BCUT2D eigenvalue weighted by molar-refractivity contribution is -0.150. The lowest BCUT2D eigenvalue weighted by Crippen LogP contribution is -2.61. The molecule has 4 atom stereocenters. The molecular weight excluding hydrogens is 653 g/mol. The fourth-order valence-corrected chi connectivity index (χ4v) is 7.49. The van der Waals surface area contributed by atoms with E-state index < -0.39 is 56.0 Å². The third-order valence-electron chi connectivity index (χ3n) is 8.28. The number of hydrogen-bond donors (Lipinski definition) is 5. The average molecular weight is 704 g/mol. The number of carboxylic acids is 2. The fraction of sp³-hybridized carbons (Fsp3) is 0.529. The summed E-state index contributed by atoms with van der Waals surface area (Å²) in [7, 11) is -2.30. The van der Waals surface area contributed by atoms with Gasteiger partial charge in [0.25, 0.3) is 0 Å². The second-order valence-corrected chi connectivity index (χ2v) is 14.8. The number of nitrogens with one attached hydrogen (secondary N) is 2. The number of aliphatic carboxylic acids is 2. The molecule has 2 aromatic carbocycles. The third kappa shape index (κ3) is 13.0. The molecule has 270 valence electrons. The molecule has 0 aromatic heterocycles. The van der Waals surface area contributed by atoms with Gasteiger partial charge in [-0.1, -0.05) is 74.5 Å². The Morgan fingerprint density at radius 3 is 2.04 bits per heavy atom. The predicted molar refractivity (Wildman–Crippen MR) is 183 cm³/mol. The normalized spacial score (nSPS) is 17.1. The molecule has 49 heavy (non-hydrogen) atoms. The molecule has 1 unspecified atom stereocenters. The number of primary amides is 1. The molecule has 3 rings (SSSR count). The van der Waals surface area contributed by atoms with E-state index in [0.29, 0.717) is 13.0 Å². The quantitative estimate of drug-likeness (QED) is 0.113. The summed E-state index contributed by atoms with van der Waals surface area (Å²) in [5, 5.41) is 25.2. The summed E-state index contributed by atoms with van der Waals surface area (Å²) < 4.78 is 26.0. The maximum atomic E-state index is 14.1. The van der Waals surface area contributed by atoms with Gasteiger partial charge in [-0.2, -0.15) is 0 Å². The van der Waals surface area contributed by atoms with E-state index in [9.17, 15) is 34.0 Å². The van der Waals surface area contributed by atoms with Crippen LogP contribution in [0.4, 0.5) is 0 Å². The summed E-state index contributed by atoms with van der Waals surface area (Å²) in [6, 6.07) is 16.1. The Morgan fingerprint density at radius 1 is 1.00 bits per heavy atom. The number of amides is 2. The number of likely N-dealkylation sites (N-methyl/N-ethyl adjacent to an activating group) is 1. The monoisotopic (exact) mass is 703 g/mol. The van der Waals surface area contributed by atoms with Crippen LogP contribution >= 0.6 is 7.60 Å². The largest absolute Gasteiger partial charge is 0.481 e. The van der Waals surface area contributed by atoms with Crippen LogP contribution in [0, 0.1) is 5.92 Å².